The maximum absolute atomic E-state index is 12.9. The summed E-state index contributed by atoms with van der Waals surface area (Å²) in [7, 11) is 0. The molecule has 0 aliphatic rings. The Hall–Kier alpha value is -3.72. The zero-order chi connectivity index (χ0) is 24.1. The molecule has 0 fully saturated rings. The van der Waals surface area contributed by atoms with Gasteiger partial charge in [-0.05, 0) is 12.8 Å². The molecule has 0 bridgehead atoms. The number of hydrogen-bond donors (Lipinski definition) is 9. The Kier molecular flexibility index (Phi) is 11.1. The number of aliphatic hydroxyl groups is 1. The molecule has 0 aliphatic carbocycles. The van der Waals surface area contributed by atoms with Crippen molar-refractivity contribution in [2.24, 2.45) is 22.2 Å². The van der Waals surface area contributed by atoms with E-state index in [1.807, 2.05) is 0 Å². The van der Waals surface area contributed by atoms with Gasteiger partial charge >= 0.3 is 5.97 Å². The Morgan fingerprint density at radius 3 is 2.28 bits per heavy atom. The van der Waals surface area contributed by atoms with E-state index in [2.05, 4.69) is 30.9 Å². The van der Waals surface area contributed by atoms with Gasteiger partial charge in [0.15, 0.2) is 5.96 Å². The number of rotatable bonds is 14. The molecule has 0 saturated heterocycles. The molecule has 3 amide bonds. The van der Waals surface area contributed by atoms with Crippen LogP contribution >= 0.6 is 0 Å². The van der Waals surface area contributed by atoms with Crippen molar-refractivity contribution in [1.82, 2.24) is 25.9 Å². The van der Waals surface area contributed by atoms with Crippen molar-refractivity contribution in [3.05, 3.63) is 18.2 Å². The Labute approximate surface area is 183 Å². The molecular formula is C17H29N9O6. The lowest BCUT2D eigenvalue weighted by Crippen LogP contribution is -2.57. The average Bonchev–Trinajstić information content (AvgIpc) is 3.25. The lowest BCUT2D eigenvalue weighted by Gasteiger charge is -2.24. The third-order valence-electron chi connectivity index (χ3n) is 4.19. The van der Waals surface area contributed by atoms with Crippen LogP contribution in [0.2, 0.25) is 0 Å². The van der Waals surface area contributed by atoms with E-state index in [9.17, 15) is 19.2 Å². The van der Waals surface area contributed by atoms with Gasteiger partial charge in [-0.25, -0.2) is 9.78 Å². The zero-order valence-corrected chi connectivity index (χ0v) is 17.3. The maximum atomic E-state index is 12.9. The quantitative estimate of drug-likeness (QED) is 0.0736. The zero-order valence-electron chi connectivity index (χ0n) is 17.3. The molecule has 0 radical (unpaired) electrons. The van der Waals surface area contributed by atoms with E-state index in [0.717, 1.165) is 0 Å². The smallest absolute Gasteiger partial charge is 0.328 e. The number of nitrogens with zero attached hydrogens (tertiary/aromatic N) is 2. The van der Waals surface area contributed by atoms with Crippen LogP contribution in [0.1, 0.15) is 18.5 Å². The number of aliphatic carboxylic acids is 1. The lowest BCUT2D eigenvalue weighted by atomic mass is 10.1. The number of aromatic amines is 1. The average molecular weight is 455 g/mol. The van der Waals surface area contributed by atoms with E-state index in [4.69, 9.17) is 27.4 Å². The van der Waals surface area contributed by atoms with Gasteiger partial charge in [0, 0.05) is 24.9 Å². The molecule has 3 atom stereocenters. The Morgan fingerprint density at radius 1 is 1.09 bits per heavy atom. The Balaban J connectivity index is 2.96. The van der Waals surface area contributed by atoms with Gasteiger partial charge in [0.05, 0.1) is 19.5 Å². The van der Waals surface area contributed by atoms with Crippen LogP contribution in [0.4, 0.5) is 0 Å². The van der Waals surface area contributed by atoms with Crippen molar-refractivity contribution in [2.45, 2.75) is 37.4 Å². The molecule has 3 unspecified atom stereocenters. The van der Waals surface area contributed by atoms with Gasteiger partial charge in [-0.1, -0.05) is 0 Å². The first kappa shape index (κ1) is 26.3. The molecule has 0 aromatic carbocycles. The largest absolute Gasteiger partial charge is 0.480 e. The predicted octanol–water partition coefficient (Wildman–Crippen LogP) is -4.50. The van der Waals surface area contributed by atoms with E-state index in [1.165, 1.54) is 12.5 Å². The fourth-order valence-corrected chi connectivity index (χ4v) is 2.58. The van der Waals surface area contributed by atoms with Crippen LogP contribution in [0.5, 0.6) is 0 Å². The highest BCUT2D eigenvalue weighted by Gasteiger charge is 2.29. The standard InChI is InChI=1S/C17H29N9O6/c18-5-13(28)24-11(4-9-6-21-8-23-9)15(30)25-10(2-1-3-22-17(19)20)14(29)26-12(7-27)16(31)32/h6,8,10-12,27H,1-5,7,18H2,(H,21,23)(H,24,28)(H,25,30)(H,26,29)(H,31,32)(H4,19,20,22). The van der Waals surface area contributed by atoms with Crippen molar-refractivity contribution in [1.29, 1.82) is 0 Å². The first-order valence-corrected chi connectivity index (χ1v) is 9.64. The Morgan fingerprint density at radius 2 is 1.75 bits per heavy atom. The number of aliphatic imine (C=N–C) groups is 1. The summed E-state index contributed by atoms with van der Waals surface area (Å²) in [6, 6.07) is -3.84. The van der Waals surface area contributed by atoms with Crippen molar-refractivity contribution in [3.8, 4) is 0 Å². The van der Waals surface area contributed by atoms with Gasteiger partial charge in [0.1, 0.15) is 18.1 Å². The number of carbonyl (C=O) groups excluding carboxylic acids is 3. The molecule has 0 saturated carbocycles. The molecular weight excluding hydrogens is 426 g/mol. The second-order valence-electron chi connectivity index (χ2n) is 6.70. The lowest BCUT2D eigenvalue weighted by molar-refractivity contribution is -0.143. The minimum Gasteiger partial charge on any atom is -0.480 e. The fourth-order valence-electron chi connectivity index (χ4n) is 2.58. The molecule has 0 spiro atoms. The summed E-state index contributed by atoms with van der Waals surface area (Å²) in [6.07, 6.45) is 3.22. The van der Waals surface area contributed by atoms with Gasteiger partial charge < -0.3 is 48.3 Å². The van der Waals surface area contributed by atoms with Crippen LogP contribution in [-0.2, 0) is 25.6 Å². The monoisotopic (exact) mass is 455 g/mol. The summed E-state index contributed by atoms with van der Waals surface area (Å²) in [5.41, 5.74) is 16.4. The topological polar surface area (TPSA) is 264 Å². The third-order valence-corrected chi connectivity index (χ3v) is 4.19. The number of guanidine groups is 1. The molecule has 0 aliphatic heterocycles. The molecule has 15 nitrogen and oxygen atoms in total. The third kappa shape index (κ3) is 9.40. The number of nitrogens with one attached hydrogen (secondary N) is 4. The molecule has 1 aromatic heterocycles. The van der Waals surface area contributed by atoms with Crippen LogP contribution in [-0.4, -0.2) is 87.7 Å². The summed E-state index contributed by atoms with van der Waals surface area (Å²) < 4.78 is 0. The number of H-pyrrole nitrogens is 1. The maximum Gasteiger partial charge on any atom is 0.328 e. The molecule has 15 heteroatoms. The molecule has 1 heterocycles. The minimum absolute atomic E-state index is 0.0360. The highest BCUT2D eigenvalue weighted by molar-refractivity contribution is 5.93. The number of carbonyl (C=O) groups is 4. The second kappa shape index (κ2) is 13.6. The Bertz CT molecular complexity index is 794. The van der Waals surface area contributed by atoms with Crippen LogP contribution in [0, 0.1) is 0 Å². The van der Waals surface area contributed by atoms with E-state index in [0.29, 0.717) is 5.69 Å². The van der Waals surface area contributed by atoms with Crippen molar-refractivity contribution < 1.29 is 29.4 Å². The van der Waals surface area contributed by atoms with Gasteiger partial charge in [0.25, 0.3) is 0 Å². The minimum atomic E-state index is -1.56. The van der Waals surface area contributed by atoms with E-state index in [-0.39, 0.29) is 38.3 Å². The second-order valence-corrected chi connectivity index (χ2v) is 6.70. The summed E-state index contributed by atoms with van der Waals surface area (Å²) in [4.78, 5) is 58.7. The van der Waals surface area contributed by atoms with Crippen LogP contribution in [0.25, 0.3) is 0 Å². The molecule has 12 N–H and O–H groups in total. The van der Waals surface area contributed by atoms with Crippen molar-refractivity contribution >= 4 is 29.7 Å². The van der Waals surface area contributed by atoms with Crippen LogP contribution in [0.3, 0.4) is 0 Å². The molecule has 32 heavy (non-hydrogen) atoms. The van der Waals surface area contributed by atoms with Crippen LogP contribution < -0.4 is 33.2 Å². The highest BCUT2D eigenvalue weighted by Crippen LogP contribution is 2.04. The van der Waals surface area contributed by atoms with Gasteiger partial charge in [-0.2, -0.15) is 0 Å². The summed E-state index contributed by atoms with van der Waals surface area (Å²) in [5, 5.41) is 25.3. The van der Waals surface area contributed by atoms with Gasteiger partial charge in [-0.3, -0.25) is 19.4 Å². The van der Waals surface area contributed by atoms with E-state index < -0.39 is 48.4 Å². The number of amides is 3. The number of aromatic nitrogens is 2. The number of aliphatic hydroxyl groups excluding tert-OH is 1. The first-order chi connectivity index (χ1) is 15.2. The van der Waals surface area contributed by atoms with Gasteiger partial charge in [0.2, 0.25) is 17.7 Å². The number of nitrogens with two attached hydrogens (primary N) is 3. The molecule has 1 rings (SSSR count). The first-order valence-electron chi connectivity index (χ1n) is 9.64. The number of imidazole rings is 1. The van der Waals surface area contributed by atoms with Crippen molar-refractivity contribution in [3.63, 3.8) is 0 Å². The number of hydrogen-bond acceptors (Lipinski definition) is 8. The van der Waals surface area contributed by atoms with Crippen molar-refractivity contribution in [2.75, 3.05) is 19.7 Å². The summed E-state index contributed by atoms with van der Waals surface area (Å²) >= 11 is 0. The summed E-state index contributed by atoms with van der Waals surface area (Å²) in [6.45, 7) is -1.04. The van der Waals surface area contributed by atoms with Crippen LogP contribution in [0.15, 0.2) is 17.5 Å². The molecule has 178 valence electrons. The number of carboxylic acid groups (broad SMARTS) is 1. The summed E-state index contributed by atoms with van der Waals surface area (Å²) in [5.74, 6) is -3.73. The predicted molar refractivity (Wildman–Crippen MR) is 112 cm³/mol. The fraction of sp³-hybridized carbons (Fsp3) is 0.529. The van der Waals surface area contributed by atoms with Gasteiger partial charge in [-0.15, -0.1) is 0 Å². The highest BCUT2D eigenvalue weighted by atomic mass is 16.4. The van der Waals surface area contributed by atoms with E-state index in [1.54, 1.807) is 0 Å². The normalized spacial score (nSPS) is 13.3. The molecule has 1 aromatic rings. The number of carboxylic acids is 1. The van der Waals surface area contributed by atoms with E-state index >= 15 is 0 Å². The SMILES string of the molecule is NCC(=O)NC(Cc1cnc[nH]1)C(=O)NC(CCCN=C(N)N)C(=O)NC(CO)C(=O)O.